The lowest BCUT2D eigenvalue weighted by Gasteiger charge is -2.16. The van der Waals surface area contributed by atoms with Crippen LogP contribution in [0, 0.1) is 16.6 Å². The zero-order chi connectivity index (χ0) is 20.3. The van der Waals surface area contributed by atoms with Crippen LogP contribution in [0.25, 0.3) is 5.69 Å². The highest BCUT2D eigenvalue weighted by Gasteiger charge is 2.15. The predicted octanol–water partition coefficient (Wildman–Crippen LogP) is 5.35. The lowest BCUT2D eigenvalue weighted by Crippen LogP contribution is -2.07. The van der Waals surface area contributed by atoms with Gasteiger partial charge >= 0.3 is 0 Å². The number of nitrogens with zero attached hydrogens (tertiary/aromatic N) is 3. The molecule has 0 amide bonds. The minimum absolute atomic E-state index is 0.176. The molecule has 2 aromatic carbocycles. The van der Waals surface area contributed by atoms with Crippen molar-refractivity contribution >= 4 is 17.9 Å². The van der Waals surface area contributed by atoms with Crippen molar-refractivity contribution in [2.75, 3.05) is 7.11 Å². The molecule has 7 nitrogen and oxygen atoms in total. The number of H-pyrrole nitrogens is 1. The van der Waals surface area contributed by atoms with Crippen LogP contribution in [0.3, 0.4) is 0 Å². The molecular formula is C20H22N4O3S. The monoisotopic (exact) mass is 398 g/mol. The van der Waals surface area contributed by atoms with Crippen molar-refractivity contribution in [3.63, 3.8) is 0 Å². The van der Waals surface area contributed by atoms with E-state index in [0.29, 0.717) is 22.0 Å². The Morgan fingerprint density at radius 2 is 2.07 bits per heavy atom. The molecule has 146 valence electrons. The number of nitroso groups, excluding NO2 is 1. The molecule has 0 saturated heterocycles. The Balaban J connectivity index is 1.94. The molecule has 3 rings (SSSR count). The van der Waals surface area contributed by atoms with Gasteiger partial charge in [0.2, 0.25) is 0 Å². The van der Waals surface area contributed by atoms with Crippen LogP contribution in [-0.2, 0) is 6.61 Å². The molecule has 1 aromatic heterocycles. The van der Waals surface area contributed by atoms with Crippen LogP contribution in [0.2, 0.25) is 0 Å². The molecule has 0 spiro atoms. The number of aryl methyl sites for hydroxylation is 1. The second-order valence-electron chi connectivity index (χ2n) is 6.69. The number of rotatable bonds is 7. The van der Waals surface area contributed by atoms with E-state index in [1.165, 1.54) is 0 Å². The third-order valence-electron chi connectivity index (χ3n) is 4.46. The van der Waals surface area contributed by atoms with Crippen molar-refractivity contribution < 1.29 is 9.47 Å². The number of hydrogen-bond donors (Lipinski definition) is 1. The van der Waals surface area contributed by atoms with E-state index in [1.807, 2.05) is 51.1 Å². The van der Waals surface area contributed by atoms with E-state index in [0.717, 1.165) is 22.6 Å². The van der Waals surface area contributed by atoms with Crippen LogP contribution < -0.4 is 9.47 Å². The molecule has 0 bridgehead atoms. The van der Waals surface area contributed by atoms with Gasteiger partial charge in [0.05, 0.1) is 12.8 Å². The number of aromatic nitrogens is 3. The van der Waals surface area contributed by atoms with Crippen LogP contribution in [-0.4, -0.2) is 21.9 Å². The summed E-state index contributed by atoms with van der Waals surface area (Å²) >= 11 is 5.39. The van der Waals surface area contributed by atoms with E-state index < -0.39 is 0 Å². The fourth-order valence-electron chi connectivity index (χ4n) is 2.95. The second kappa shape index (κ2) is 8.35. The summed E-state index contributed by atoms with van der Waals surface area (Å²) in [5, 5.41) is 10.2. The van der Waals surface area contributed by atoms with Crippen LogP contribution >= 0.6 is 12.2 Å². The van der Waals surface area contributed by atoms with E-state index in [4.69, 9.17) is 21.7 Å². The molecule has 0 aliphatic heterocycles. The number of hydrogen-bond acceptors (Lipinski definition) is 6. The Morgan fingerprint density at radius 3 is 2.75 bits per heavy atom. The minimum atomic E-state index is 0.176. The first-order valence-electron chi connectivity index (χ1n) is 8.86. The molecule has 3 aromatic rings. The van der Waals surface area contributed by atoms with Gasteiger partial charge in [-0.25, -0.2) is 0 Å². The first-order chi connectivity index (χ1) is 13.4. The van der Waals surface area contributed by atoms with Gasteiger partial charge in [0, 0.05) is 6.07 Å². The van der Waals surface area contributed by atoms with E-state index >= 15 is 0 Å². The minimum Gasteiger partial charge on any atom is -0.497 e. The van der Waals surface area contributed by atoms with Crippen molar-refractivity contribution in [2.24, 2.45) is 5.18 Å². The Bertz CT molecular complexity index is 1060. The fourth-order valence-corrected chi connectivity index (χ4v) is 3.20. The summed E-state index contributed by atoms with van der Waals surface area (Å²) in [6.07, 6.45) is 0. The summed E-state index contributed by atoms with van der Waals surface area (Å²) in [6.45, 7) is 6.12. The summed E-state index contributed by atoms with van der Waals surface area (Å²) in [7, 11) is 1.62. The van der Waals surface area contributed by atoms with Crippen LogP contribution in [0.4, 0.5) is 5.69 Å². The Hall–Kier alpha value is -3.00. The van der Waals surface area contributed by atoms with Crippen LogP contribution in [0.5, 0.6) is 11.5 Å². The fraction of sp³-hybridized carbons (Fsp3) is 0.300. The number of ether oxygens (including phenoxy) is 2. The SMILES string of the molecule is COc1cccc(-n2c(COc3cc(C)c(N=O)cc3C(C)C)n[nH]c2=S)c1. The zero-order valence-electron chi connectivity index (χ0n) is 16.2. The summed E-state index contributed by atoms with van der Waals surface area (Å²) < 4.78 is 13.6. The molecule has 1 heterocycles. The van der Waals surface area contributed by atoms with Gasteiger partial charge in [0.1, 0.15) is 23.8 Å². The van der Waals surface area contributed by atoms with Crippen molar-refractivity contribution in [1.82, 2.24) is 14.8 Å². The Kier molecular flexibility index (Phi) is 5.89. The average Bonchev–Trinajstić information content (AvgIpc) is 3.06. The lowest BCUT2D eigenvalue weighted by molar-refractivity contribution is 0.289. The van der Waals surface area contributed by atoms with Gasteiger partial charge in [-0.05, 0) is 65.6 Å². The summed E-state index contributed by atoms with van der Waals surface area (Å²) in [4.78, 5) is 11.0. The van der Waals surface area contributed by atoms with Crippen molar-refractivity contribution in [1.29, 1.82) is 0 Å². The van der Waals surface area contributed by atoms with Gasteiger partial charge in [-0.2, -0.15) is 5.10 Å². The zero-order valence-corrected chi connectivity index (χ0v) is 17.0. The molecule has 0 aliphatic rings. The molecule has 0 fully saturated rings. The lowest BCUT2D eigenvalue weighted by atomic mass is 9.99. The number of nitrogens with one attached hydrogen (secondary N) is 1. The van der Waals surface area contributed by atoms with Crippen molar-refractivity contribution in [3.8, 4) is 17.2 Å². The normalized spacial score (nSPS) is 10.9. The van der Waals surface area contributed by atoms with Crippen molar-refractivity contribution in [2.45, 2.75) is 33.3 Å². The van der Waals surface area contributed by atoms with Gasteiger partial charge in [0.15, 0.2) is 10.6 Å². The van der Waals surface area contributed by atoms with Crippen LogP contribution in [0.15, 0.2) is 41.6 Å². The number of aromatic amines is 1. The first kappa shape index (κ1) is 19.8. The van der Waals surface area contributed by atoms with Gasteiger partial charge in [-0.1, -0.05) is 19.9 Å². The van der Waals surface area contributed by atoms with E-state index in [-0.39, 0.29) is 12.5 Å². The van der Waals surface area contributed by atoms with Gasteiger partial charge < -0.3 is 9.47 Å². The predicted molar refractivity (Wildman–Crippen MR) is 110 cm³/mol. The third-order valence-corrected chi connectivity index (χ3v) is 4.73. The highest BCUT2D eigenvalue weighted by Crippen LogP contribution is 2.34. The molecule has 1 N–H and O–H groups in total. The molecule has 28 heavy (non-hydrogen) atoms. The smallest absolute Gasteiger partial charge is 0.199 e. The standard InChI is InChI=1S/C20H22N4O3S/c1-12(2)16-10-17(23-25)13(3)8-18(16)27-11-19-21-22-20(28)24(19)14-6-5-7-15(9-14)26-4/h5-10,12H,11H2,1-4H3,(H,22,28). The molecule has 0 saturated carbocycles. The molecule has 0 aliphatic carbocycles. The van der Waals surface area contributed by atoms with Crippen LogP contribution in [0.1, 0.15) is 36.7 Å². The van der Waals surface area contributed by atoms with Gasteiger partial charge in [-0.3, -0.25) is 9.67 Å². The second-order valence-corrected chi connectivity index (χ2v) is 7.08. The maximum absolute atomic E-state index is 11.0. The van der Waals surface area contributed by atoms with Gasteiger partial charge in [-0.15, -0.1) is 4.91 Å². The van der Waals surface area contributed by atoms with E-state index in [2.05, 4.69) is 15.4 Å². The molecule has 8 heteroatoms. The van der Waals surface area contributed by atoms with E-state index in [1.54, 1.807) is 17.7 Å². The highest BCUT2D eigenvalue weighted by atomic mass is 32.1. The molecule has 0 unspecified atom stereocenters. The average molecular weight is 398 g/mol. The molecule has 0 radical (unpaired) electrons. The Morgan fingerprint density at radius 1 is 1.29 bits per heavy atom. The first-order valence-corrected chi connectivity index (χ1v) is 9.26. The topological polar surface area (TPSA) is 81.5 Å². The summed E-state index contributed by atoms with van der Waals surface area (Å²) in [6, 6.07) is 11.2. The largest absolute Gasteiger partial charge is 0.497 e. The number of benzene rings is 2. The highest BCUT2D eigenvalue weighted by molar-refractivity contribution is 7.71. The summed E-state index contributed by atoms with van der Waals surface area (Å²) in [5.41, 5.74) is 2.94. The number of methoxy groups -OCH3 is 1. The quantitative estimate of drug-likeness (QED) is 0.429. The summed E-state index contributed by atoms with van der Waals surface area (Å²) in [5.74, 6) is 2.23. The maximum Gasteiger partial charge on any atom is 0.199 e. The molecular weight excluding hydrogens is 376 g/mol. The van der Waals surface area contributed by atoms with E-state index in [9.17, 15) is 4.91 Å². The van der Waals surface area contributed by atoms with Gasteiger partial charge in [0.25, 0.3) is 0 Å². The van der Waals surface area contributed by atoms with Crippen molar-refractivity contribution in [3.05, 3.63) is 63.0 Å². The third kappa shape index (κ3) is 3.96. The Labute approximate surface area is 168 Å². The maximum atomic E-state index is 11.0. The molecule has 0 atom stereocenters.